The van der Waals surface area contributed by atoms with Crippen molar-refractivity contribution in [2.45, 2.75) is 0 Å². The Morgan fingerprint density at radius 3 is 2.45 bits per heavy atom. The topological polar surface area (TPSA) is 108 Å². The Bertz CT molecular complexity index is 145. The zero-order valence-electron chi connectivity index (χ0n) is 5.91. The first-order valence-electron chi connectivity index (χ1n) is 2.62. The van der Waals surface area contributed by atoms with Crippen LogP contribution in [0.15, 0.2) is 5.10 Å². The van der Waals surface area contributed by atoms with Gasteiger partial charge in [0, 0.05) is 7.05 Å². The highest BCUT2D eigenvalue weighted by Gasteiger charge is 2.02. The molecule has 64 valence electrons. The first-order chi connectivity index (χ1) is 5.02. The number of hydrogen-bond donors (Lipinski definition) is 2. The zero-order chi connectivity index (χ0) is 8.85. The maximum Gasteiger partial charge on any atom is 0.291 e. The number of rotatable bonds is 0. The smallest absolute Gasteiger partial charge is 0.291 e. The Morgan fingerprint density at radius 2 is 2.36 bits per heavy atom. The van der Waals surface area contributed by atoms with Crippen LogP contribution in [0.25, 0.3) is 0 Å². The SMILES string of the molecule is CN1CN(N)C=N1.O=[N+]([O-])O. The van der Waals surface area contributed by atoms with Gasteiger partial charge in [-0.1, -0.05) is 0 Å². The maximum atomic E-state index is 8.36. The van der Waals surface area contributed by atoms with Crippen LogP contribution in [0, 0.1) is 10.1 Å². The summed E-state index contributed by atoms with van der Waals surface area (Å²) in [5.74, 6) is 5.27. The van der Waals surface area contributed by atoms with Gasteiger partial charge in [-0.15, -0.1) is 10.1 Å². The lowest BCUT2D eigenvalue weighted by molar-refractivity contribution is -0.742. The summed E-state index contributed by atoms with van der Waals surface area (Å²) in [7, 11) is 1.86. The second-order valence-corrected chi connectivity index (χ2v) is 1.78. The summed E-state index contributed by atoms with van der Waals surface area (Å²) >= 11 is 0. The van der Waals surface area contributed by atoms with Crippen LogP contribution in [0.1, 0.15) is 0 Å². The predicted molar refractivity (Wildman–Crippen MR) is 35.9 cm³/mol. The summed E-state index contributed by atoms with van der Waals surface area (Å²) in [6.45, 7) is 0.694. The molecular formula is C3H9N5O3. The van der Waals surface area contributed by atoms with E-state index in [4.69, 9.17) is 21.2 Å². The van der Waals surface area contributed by atoms with Crippen LogP contribution in [-0.2, 0) is 0 Å². The minimum atomic E-state index is -1.50. The first-order valence-corrected chi connectivity index (χ1v) is 2.62. The Labute approximate surface area is 62.6 Å². The van der Waals surface area contributed by atoms with E-state index in [1.807, 2.05) is 7.05 Å². The lowest BCUT2D eigenvalue weighted by Crippen LogP contribution is -2.30. The molecule has 0 amide bonds. The standard InChI is InChI=1S/C3H8N4.HNO3/c1-6-3-7(4)2-5-6;2-1(3)4/h2H,3-4H2,1H3;(H,2,3,4). The molecule has 3 N–H and O–H groups in total. The molecule has 0 radical (unpaired) electrons. The van der Waals surface area contributed by atoms with Gasteiger partial charge in [0.15, 0.2) is 0 Å². The van der Waals surface area contributed by atoms with Crippen LogP contribution in [0.3, 0.4) is 0 Å². The second-order valence-electron chi connectivity index (χ2n) is 1.78. The molecule has 0 aliphatic carbocycles. The fourth-order valence-electron chi connectivity index (χ4n) is 0.464. The third-order valence-electron chi connectivity index (χ3n) is 0.765. The van der Waals surface area contributed by atoms with Crippen LogP contribution in [-0.4, -0.2) is 40.4 Å². The van der Waals surface area contributed by atoms with Gasteiger partial charge in [0.05, 0.1) is 0 Å². The minimum Gasteiger partial charge on any atom is -0.328 e. The largest absolute Gasteiger partial charge is 0.328 e. The minimum absolute atomic E-state index is 0.694. The van der Waals surface area contributed by atoms with Gasteiger partial charge < -0.3 is 5.21 Å². The average molecular weight is 163 g/mol. The highest BCUT2D eigenvalue weighted by molar-refractivity contribution is 5.54. The molecular weight excluding hydrogens is 154 g/mol. The average Bonchev–Trinajstić information content (AvgIpc) is 2.13. The van der Waals surface area contributed by atoms with Crippen molar-refractivity contribution in [1.82, 2.24) is 10.0 Å². The van der Waals surface area contributed by atoms with E-state index in [2.05, 4.69) is 5.10 Å². The molecule has 8 heteroatoms. The van der Waals surface area contributed by atoms with E-state index < -0.39 is 5.09 Å². The predicted octanol–water partition coefficient (Wildman–Crippen LogP) is -1.34. The number of hydrazine groups is 1. The molecule has 1 aliphatic heterocycles. The van der Waals surface area contributed by atoms with Crippen molar-refractivity contribution in [1.29, 1.82) is 0 Å². The summed E-state index contributed by atoms with van der Waals surface area (Å²) in [4.78, 5) is 8.36. The zero-order valence-corrected chi connectivity index (χ0v) is 5.91. The van der Waals surface area contributed by atoms with Crippen LogP contribution < -0.4 is 5.84 Å². The molecule has 1 rings (SSSR count). The van der Waals surface area contributed by atoms with Gasteiger partial charge in [0.25, 0.3) is 5.09 Å². The molecule has 8 nitrogen and oxygen atoms in total. The van der Waals surface area contributed by atoms with Gasteiger partial charge in [-0.2, -0.15) is 5.10 Å². The van der Waals surface area contributed by atoms with Crippen molar-refractivity contribution in [2.75, 3.05) is 13.7 Å². The summed E-state index contributed by atoms with van der Waals surface area (Å²) in [5.41, 5.74) is 0. The van der Waals surface area contributed by atoms with Crippen molar-refractivity contribution < 1.29 is 10.3 Å². The third kappa shape index (κ3) is 6.31. The molecule has 0 saturated carbocycles. The molecule has 0 bridgehead atoms. The van der Waals surface area contributed by atoms with E-state index in [1.165, 1.54) is 5.01 Å². The number of hydrazone groups is 1. The van der Waals surface area contributed by atoms with Crippen molar-refractivity contribution >= 4 is 6.34 Å². The Hall–Kier alpha value is -1.57. The van der Waals surface area contributed by atoms with Gasteiger partial charge in [-0.25, -0.2) is 5.84 Å². The molecule has 0 saturated heterocycles. The number of nitrogens with two attached hydrogens (primary N) is 1. The van der Waals surface area contributed by atoms with E-state index in [9.17, 15) is 0 Å². The summed E-state index contributed by atoms with van der Waals surface area (Å²) in [6, 6.07) is 0. The molecule has 0 unspecified atom stereocenters. The number of nitrogens with zero attached hydrogens (tertiary/aromatic N) is 4. The molecule has 1 aliphatic rings. The van der Waals surface area contributed by atoms with E-state index in [-0.39, 0.29) is 0 Å². The van der Waals surface area contributed by atoms with Crippen molar-refractivity contribution in [3.63, 3.8) is 0 Å². The van der Waals surface area contributed by atoms with Gasteiger partial charge >= 0.3 is 0 Å². The molecule has 0 aromatic heterocycles. The molecule has 0 atom stereocenters. The third-order valence-corrected chi connectivity index (χ3v) is 0.765. The van der Waals surface area contributed by atoms with E-state index >= 15 is 0 Å². The van der Waals surface area contributed by atoms with Crippen LogP contribution in [0.5, 0.6) is 0 Å². The van der Waals surface area contributed by atoms with Gasteiger partial charge in [0.1, 0.15) is 13.0 Å². The second kappa shape index (κ2) is 4.28. The molecule has 0 aromatic rings. The van der Waals surface area contributed by atoms with E-state index in [1.54, 1.807) is 11.3 Å². The molecule has 0 aromatic carbocycles. The van der Waals surface area contributed by atoms with E-state index in [0.29, 0.717) is 6.67 Å². The normalized spacial score (nSPS) is 14.4. The van der Waals surface area contributed by atoms with E-state index in [0.717, 1.165) is 0 Å². The Morgan fingerprint density at radius 1 is 1.91 bits per heavy atom. The summed E-state index contributed by atoms with van der Waals surface area (Å²) in [5, 5.41) is 20.7. The number of hydrogen-bond acceptors (Lipinski definition) is 6. The van der Waals surface area contributed by atoms with Crippen molar-refractivity contribution in [2.24, 2.45) is 10.9 Å². The molecule has 11 heavy (non-hydrogen) atoms. The van der Waals surface area contributed by atoms with Crippen molar-refractivity contribution in [3.8, 4) is 0 Å². The fourth-order valence-corrected chi connectivity index (χ4v) is 0.464. The van der Waals surface area contributed by atoms with Crippen LogP contribution in [0.4, 0.5) is 0 Å². The van der Waals surface area contributed by atoms with Gasteiger partial charge in [-0.05, 0) is 0 Å². The Balaban J connectivity index is 0.000000218. The lowest BCUT2D eigenvalue weighted by Gasteiger charge is -2.07. The Kier molecular flexibility index (Phi) is 3.67. The highest BCUT2D eigenvalue weighted by Crippen LogP contribution is 1.89. The molecule has 0 fully saturated rings. The molecule has 0 spiro atoms. The summed E-state index contributed by atoms with van der Waals surface area (Å²) < 4.78 is 0. The lowest BCUT2D eigenvalue weighted by atomic mass is 11.0. The van der Waals surface area contributed by atoms with Gasteiger partial charge in [0.2, 0.25) is 0 Å². The van der Waals surface area contributed by atoms with Crippen LogP contribution >= 0.6 is 0 Å². The van der Waals surface area contributed by atoms with Crippen LogP contribution in [0.2, 0.25) is 0 Å². The maximum absolute atomic E-state index is 8.36. The first kappa shape index (κ1) is 9.43. The molecule has 1 heterocycles. The van der Waals surface area contributed by atoms with Gasteiger partial charge in [-0.3, -0.25) is 10.0 Å². The monoisotopic (exact) mass is 163 g/mol. The summed E-state index contributed by atoms with van der Waals surface area (Å²) in [6.07, 6.45) is 1.58. The van der Waals surface area contributed by atoms with Crippen molar-refractivity contribution in [3.05, 3.63) is 10.1 Å². The fraction of sp³-hybridized carbons (Fsp3) is 0.667. The highest BCUT2D eigenvalue weighted by atomic mass is 16.9. The quantitative estimate of drug-likeness (QED) is 0.260.